The average Bonchev–Trinajstić information content (AvgIpc) is 2.40. The highest BCUT2D eigenvalue weighted by atomic mass is 16.5. The van der Waals surface area contributed by atoms with Gasteiger partial charge in [0.2, 0.25) is 5.88 Å². The smallest absolute Gasteiger partial charge is 0.214 e. The molecule has 1 N–H and O–H groups in total. The highest BCUT2D eigenvalue weighted by Crippen LogP contribution is 2.18. The second kappa shape index (κ2) is 5.87. The van der Waals surface area contributed by atoms with Crippen LogP contribution in [-0.2, 0) is 0 Å². The molecular weight excluding hydrogens is 214 g/mol. The average molecular weight is 235 g/mol. The molecule has 1 aliphatic heterocycles. The fraction of sp³-hybridized carbons (Fsp3) is 0.615. The zero-order valence-corrected chi connectivity index (χ0v) is 10.6. The van der Waals surface area contributed by atoms with Crippen LogP contribution in [-0.4, -0.2) is 42.7 Å². The van der Waals surface area contributed by atoms with Crippen LogP contribution in [0.25, 0.3) is 0 Å². The van der Waals surface area contributed by atoms with Crippen molar-refractivity contribution in [1.29, 1.82) is 0 Å². The summed E-state index contributed by atoms with van der Waals surface area (Å²) in [6.45, 7) is 5.77. The van der Waals surface area contributed by atoms with Crippen LogP contribution in [0.4, 0.5) is 5.69 Å². The first-order valence-electron chi connectivity index (χ1n) is 6.30. The third kappa shape index (κ3) is 3.33. The summed E-state index contributed by atoms with van der Waals surface area (Å²) in [5.74, 6) is 0.668. The topological polar surface area (TPSA) is 37.4 Å². The molecule has 1 fully saturated rings. The van der Waals surface area contributed by atoms with E-state index in [0.29, 0.717) is 11.9 Å². The summed E-state index contributed by atoms with van der Waals surface area (Å²) in [5.41, 5.74) is 1.10. The molecule has 2 heterocycles. The Morgan fingerprint density at radius 3 is 2.88 bits per heavy atom. The van der Waals surface area contributed by atoms with Gasteiger partial charge in [-0.2, -0.15) is 0 Å². The zero-order valence-electron chi connectivity index (χ0n) is 10.6. The molecule has 0 aromatic carbocycles. The number of nitrogens with one attached hydrogen (secondary N) is 1. The minimum atomic E-state index is 0.574. The van der Waals surface area contributed by atoms with Crippen LogP contribution in [0.3, 0.4) is 0 Å². The van der Waals surface area contributed by atoms with E-state index in [1.165, 1.54) is 25.9 Å². The molecule has 94 valence electrons. The first-order chi connectivity index (χ1) is 8.31. The Morgan fingerprint density at radius 2 is 2.24 bits per heavy atom. The zero-order chi connectivity index (χ0) is 12.1. The van der Waals surface area contributed by atoms with Gasteiger partial charge in [-0.05, 0) is 25.5 Å². The summed E-state index contributed by atoms with van der Waals surface area (Å²) < 4.78 is 5.12. The summed E-state index contributed by atoms with van der Waals surface area (Å²) in [7, 11) is 1.64. The van der Waals surface area contributed by atoms with Gasteiger partial charge in [0.15, 0.2) is 0 Å². The fourth-order valence-electron chi connectivity index (χ4n) is 2.24. The van der Waals surface area contributed by atoms with Crippen LogP contribution < -0.4 is 10.1 Å². The van der Waals surface area contributed by atoms with Crippen LogP contribution >= 0.6 is 0 Å². The quantitative estimate of drug-likeness (QED) is 0.866. The van der Waals surface area contributed by atoms with Crippen molar-refractivity contribution < 1.29 is 4.74 Å². The van der Waals surface area contributed by atoms with Crippen LogP contribution in [0.15, 0.2) is 18.3 Å². The Morgan fingerprint density at radius 1 is 1.47 bits per heavy atom. The van der Waals surface area contributed by atoms with Crippen molar-refractivity contribution >= 4 is 5.69 Å². The number of hydrogen-bond donors (Lipinski definition) is 1. The van der Waals surface area contributed by atoms with Gasteiger partial charge in [0.1, 0.15) is 0 Å². The minimum absolute atomic E-state index is 0.574. The molecule has 1 aliphatic rings. The number of hydrogen-bond acceptors (Lipinski definition) is 4. The van der Waals surface area contributed by atoms with Gasteiger partial charge in [0.25, 0.3) is 0 Å². The van der Waals surface area contributed by atoms with Crippen molar-refractivity contribution in [1.82, 2.24) is 9.88 Å². The van der Waals surface area contributed by atoms with E-state index in [1.54, 1.807) is 13.3 Å². The van der Waals surface area contributed by atoms with Crippen molar-refractivity contribution in [2.24, 2.45) is 0 Å². The number of ether oxygens (including phenoxy) is 1. The van der Waals surface area contributed by atoms with Crippen molar-refractivity contribution in [3.63, 3.8) is 0 Å². The number of nitrogens with zero attached hydrogens (tertiary/aromatic N) is 2. The lowest BCUT2D eigenvalue weighted by molar-refractivity contribution is 0.229. The molecule has 17 heavy (non-hydrogen) atoms. The molecule has 4 heteroatoms. The van der Waals surface area contributed by atoms with E-state index in [1.807, 2.05) is 12.1 Å². The molecular formula is C13H21N3O. The van der Waals surface area contributed by atoms with E-state index >= 15 is 0 Å². The van der Waals surface area contributed by atoms with E-state index in [4.69, 9.17) is 4.74 Å². The van der Waals surface area contributed by atoms with E-state index in [0.717, 1.165) is 12.2 Å². The summed E-state index contributed by atoms with van der Waals surface area (Å²) in [6.07, 6.45) is 4.19. The van der Waals surface area contributed by atoms with Gasteiger partial charge < -0.3 is 15.0 Å². The molecule has 1 saturated heterocycles. The number of piperidine rings is 1. The predicted molar refractivity (Wildman–Crippen MR) is 69.5 cm³/mol. The van der Waals surface area contributed by atoms with E-state index in [2.05, 4.69) is 22.1 Å². The maximum atomic E-state index is 5.12. The predicted octanol–water partition coefficient (Wildman–Crippen LogP) is 1.99. The molecule has 0 atom stereocenters. The molecule has 0 aliphatic carbocycles. The Bertz CT molecular complexity index is 348. The number of likely N-dealkylation sites (tertiary alicyclic amines) is 1. The van der Waals surface area contributed by atoms with Crippen LogP contribution in [0.1, 0.15) is 19.8 Å². The Balaban J connectivity index is 1.88. The lowest BCUT2D eigenvalue weighted by Crippen LogP contribution is -2.38. The van der Waals surface area contributed by atoms with Gasteiger partial charge in [0, 0.05) is 37.1 Å². The van der Waals surface area contributed by atoms with Crippen molar-refractivity contribution in [2.45, 2.75) is 25.8 Å². The number of anilines is 1. The molecule has 1 aromatic rings. The van der Waals surface area contributed by atoms with Gasteiger partial charge in [0.05, 0.1) is 7.11 Å². The molecule has 1 aromatic heterocycles. The third-order valence-corrected chi connectivity index (χ3v) is 3.35. The summed E-state index contributed by atoms with van der Waals surface area (Å²) in [6, 6.07) is 4.52. The highest BCUT2D eigenvalue weighted by Gasteiger charge is 2.17. The van der Waals surface area contributed by atoms with Crippen LogP contribution in [0.2, 0.25) is 0 Å². The first kappa shape index (κ1) is 12.2. The largest absolute Gasteiger partial charge is 0.481 e. The van der Waals surface area contributed by atoms with Gasteiger partial charge in [-0.15, -0.1) is 0 Å². The fourth-order valence-corrected chi connectivity index (χ4v) is 2.24. The van der Waals surface area contributed by atoms with Gasteiger partial charge in [-0.1, -0.05) is 6.92 Å². The summed E-state index contributed by atoms with van der Waals surface area (Å²) in [5, 5.41) is 3.55. The lowest BCUT2D eigenvalue weighted by atomic mass is 10.0. The Labute approximate surface area is 103 Å². The van der Waals surface area contributed by atoms with Gasteiger partial charge in [-0.3, -0.25) is 0 Å². The number of methoxy groups -OCH3 is 1. The van der Waals surface area contributed by atoms with Crippen LogP contribution in [0.5, 0.6) is 5.88 Å². The van der Waals surface area contributed by atoms with E-state index in [-0.39, 0.29) is 0 Å². The molecule has 0 saturated carbocycles. The monoisotopic (exact) mass is 235 g/mol. The Kier molecular flexibility index (Phi) is 4.20. The summed E-state index contributed by atoms with van der Waals surface area (Å²) in [4.78, 5) is 6.60. The molecule has 0 bridgehead atoms. The molecule has 0 unspecified atom stereocenters. The van der Waals surface area contributed by atoms with E-state index in [9.17, 15) is 0 Å². The number of rotatable bonds is 4. The number of aromatic nitrogens is 1. The van der Waals surface area contributed by atoms with Gasteiger partial charge in [-0.25, -0.2) is 4.98 Å². The maximum absolute atomic E-state index is 5.12. The Hall–Kier alpha value is -1.29. The highest BCUT2D eigenvalue weighted by molar-refractivity contribution is 5.45. The second-order valence-corrected chi connectivity index (χ2v) is 4.44. The minimum Gasteiger partial charge on any atom is -0.481 e. The second-order valence-electron chi connectivity index (χ2n) is 4.44. The molecule has 0 amide bonds. The normalized spacial score (nSPS) is 18.0. The van der Waals surface area contributed by atoms with Crippen LogP contribution in [0, 0.1) is 0 Å². The lowest BCUT2D eigenvalue weighted by Gasteiger charge is -2.32. The SMILES string of the molecule is CCN1CCC(Nc2ccnc(OC)c2)CC1. The first-order valence-corrected chi connectivity index (χ1v) is 6.30. The standard InChI is InChI=1S/C13H21N3O/c1-3-16-8-5-11(6-9-16)15-12-4-7-14-13(10-12)17-2/h4,7,10-11H,3,5-6,8-9H2,1-2H3,(H,14,15). The van der Waals surface area contributed by atoms with Crippen molar-refractivity contribution in [2.75, 3.05) is 32.1 Å². The molecule has 2 rings (SSSR count). The molecule has 4 nitrogen and oxygen atoms in total. The molecule has 0 spiro atoms. The third-order valence-electron chi connectivity index (χ3n) is 3.35. The number of pyridine rings is 1. The van der Waals surface area contributed by atoms with Crippen molar-refractivity contribution in [3.8, 4) is 5.88 Å². The van der Waals surface area contributed by atoms with Crippen molar-refractivity contribution in [3.05, 3.63) is 18.3 Å². The summed E-state index contributed by atoms with van der Waals surface area (Å²) >= 11 is 0. The maximum Gasteiger partial charge on any atom is 0.214 e. The van der Waals surface area contributed by atoms with E-state index < -0.39 is 0 Å². The van der Waals surface area contributed by atoms with Gasteiger partial charge >= 0.3 is 0 Å². The molecule has 0 radical (unpaired) electrons.